The van der Waals surface area contributed by atoms with E-state index in [1.807, 2.05) is 6.92 Å². The van der Waals surface area contributed by atoms with Crippen molar-refractivity contribution in [3.63, 3.8) is 0 Å². The maximum absolute atomic E-state index is 12.7. The highest BCUT2D eigenvalue weighted by molar-refractivity contribution is 5.80. The quantitative estimate of drug-likeness (QED) is 0.834. The monoisotopic (exact) mass is 305 g/mol. The maximum atomic E-state index is 12.7. The van der Waals surface area contributed by atoms with Gasteiger partial charge in [0, 0.05) is 37.6 Å². The average Bonchev–Trinajstić information content (AvgIpc) is 3.02. The predicted octanol–water partition coefficient (Wildman–Crippen LogP) is 1.90. The minimum Gasteiger partial charge on any atom is -0.381 e. The summed E-state index contributed by atoms with van der Waals surface area (Å²) in [7, 11) is 0. The zero-order valence-corrected chi connectivity index (χ0v) is 13.1. The normalized spacial score (nSPS) is 28.0. The van der Waals surface area contributed by atoms with Crippen molar-refractivity contribution in [2.24, 2.45) is 11.3 Å². The molecule has 1 saturated carbocycles. The molecule has 0 N–H and O–H groups in total. The Morgan fingerprint density at radius 2 is 2.09 bits per heavy atom. The van der Waals surface area contributed by atoms with Crippen LogP contribution in [0.1, 0.15) is 49.7 Å². The van der Waals surface area contributed by atoms with E-state index in [0.29, 0.717) is 17.6 Å². The van der Waals surface area contributed by atoms with Crippen LogP contribution in [0.5, 0.6) is 0 Å². The van der Waals surface area contributed by atoms with E-state index in [1.54, 1.807) is 0 Å². The van der Waals surface area contributed by atoms with Crippen LogP contribution < -0.4 is 0 Å². The summed E-state index contributed by atoms with van der Waals surface area (Å²) in [5.74, 6) is 2.10. The highest BCUT2D eigenvalue weighted by Gasteiger charge is 2.52. The molecule has 1 unspecified atom stereocenters. The van der Waals surface area contributed by atoms with Crippen molar-refractivity contribution in [2.45, 2.75) is 44.9 Å². The van der Waals surface area contributed by atoms with E-state index in [9.17, 15) is 4.79 Å². The Labute approximate surface area is 130 Å². The van der Waals surface area contributed by atoms with Crippen LogP contribution in [-0.2, 0) is 9.53 Å². The van der Waals surface area contributed by atoms with Crippen molar-refractivity contribution >= 4 is 5.91 Å². The summed E-state index contributed by atoms with van der Waals surface area (Å²) in [5.41, 5.74) is 0.0522. The SMILES string of the molecule is Cc1noc(C2CN(C(=O)C3CCC3)CC23CCOCC3)n1. The largest absolute Gasteiger partial charge is 0.381 e. The van der Waals surface area contributed by atoms with Gasteiger partial charge < -0.3 is 14.2 Å². The van der Waals surface area contributed by atoms with Gasteiger partial charge in [0.05, 0.1) is 5.92 Å². The number of carbonyl (C=O) groups is 1. The van der Waals surface area contributed by atoms with Crippen molar-refractivity contribution in [2.75, 3.05) is 26.3 Å². The van der Waals surface area contributed by atoms with E-state index in [4.69, 9.17) is 9.26 Å². The summed E-state index contributed by atoms with van der Waals surface area (Å²) in [4.78, 5) is 19.2. The van der Waals surface area contributed by atoms with Crippen LogP contribution in [0.4, 0.5) is 0 Å². The van der Waals surface area contributed by atoms with Crippen molar-refractivity contribution in [3.8, 4) is 0 Å². The van der Waals surface area contributed by atoms with Gasteiger partial charge in [-0.3, -0.25) is 4.79 Å². The number of ether oxygens (including phenoxy) is 1. The second-order valence-corrected chi connectivity index (χ2v) is 7.05. The molecule has 2 aliphatic heterocycles. The molecule has 3 fully saturated rings. The summed E-state index contributed by atoms with van der Waals surface area (Å²) >= 11 is 0. The molecule has 120 valence electrons. The molecule has 1 aromatic heterocycles. The van der Waals surface area contributed by atoms with Crippen molar-refractivity contribution in [1.29, 1.82) is 0 Å². The smallest absolute Gasteiger partial charge is 0.232 e. The van der Waals surface area contributed by atoms with Crippen molar-refractivity contribution < 1.29 is 14.1 Å². The van der Waals surface area contributed by atoms with Crippen LogP contribution >= 0.6 is 0 Å². The lowest BCUT2D eigenvalue weighted by molar-refractivity contribution is -0.137. The van der Waals surface area contributed by atoms with Crippen molar-refractivity contribution in [3.05, 3.63) is 11.7 Å². The summed E-state index contributed by atoms with van der Waals surface area (Å²) in [6.07, 6.45) is 5.22. The Kier molecular flexibility index (Phi) is 3.44. The molecular formula is C16H23N3O3. The number of aromatic nitrogens is 2. The van der Waals surface area contributed by atoms with Gasteiger partial charge in [-0.15, -0.1) is 0 Å². The number of likely N-dealkylation sites (tertiary alicyclic amines) is 1. The molecule has 6 nitrogen and oxygen atoms in total. The fourth-order valence-corrected chi connectivity index (χ4v) is 4.13. The minimum atomic E-state index is 0.0522. The fraction of sp³-hybridized carbons (Fsp3) is 0.812. The Morgan fingerprint density at radius 1 is 1.32 bits per heavy atom. The lowest BCUT2D eigenvalue weighted by Crippen LogP contribution is -2.40. The topological polar surface area (TPSA) is 68.5 Å². The number of amides is 1. The molecule has 22 heavy (non-hydrogen) atoms. The number of hydrogen-bond donors (Lipinski definition) is 0. The first-order chi connectivity index (χ1) is 10.7. The molecule has 0 bridgehead atoms. The van der Waals surface area contributed by atoms with Crippen LogP contribution in [0.25, 0.3) is 0 Å². The van der Waals surface area contributed by atoms with E-state index >= 15 is 0 Å². The second kappa shape index (κ2) is 5.33. The van der Waals surface area contributed by atoms with Gasteiger partial charge in [-0.2, -0.15) is 4.98 Å². The third-order valence-corrected chi connectivity index (χ3v) is 5.74. The molecular weight excluding hydrogens is 282 g/mol. The molecule has 1 atom stereocenters. The molecule has 4 rings (SSSR count). The first kappa shape index (κ1) is 14.2. The number of hydrogen-bond acceptors (Lipinski definition) is 5. The van der Waals surface area contributed by atoms with Crippen LogP contribution in [0.15, 0.2) is 4.52 Å². The highest BCUT2D eigenvalue weighted by atomic mass is 16.5. The van der Waals surface area contributed by atoms with E-state index in [1.165, 1.54) is 6.42 Å². The van der Waals surface area contributed by atoms with Gasteiger partial charge in [-0.05, 0) is 32.6 Å². The van der Waals surface area contributed by atoms with Crippen LogP contribution in [-0.4, -0.2) is 47.3 Å². The van der Waals surface area contributed by atoms with Crippen LogP contribution in [0.2, 0.25) is 0 Å². The van der Waals surface area contributed by atoms with E-state index in [0.717, 1.165) is 52.0 Å². The van der Waals surface area contributed by atoms with Gasteiger partial charge in [0.25, 0.3) is 0 Å². The number of rotatable bonds is 2. The van der Waals surface area contributed by atoms with E-state index in [-0.39, 0.29) is 17.3 Å². The molecule has 1 aliphatic carbocycles. The first-order valence-corrected chi connectivity index (χ1v) is 8.35. The zero-order chi connectivity index (χ0) is 15.2. The first-order valence-electron chi connectivity index (χ1n) is 8.35. The highest BCUT2D eigenvalue weighted by Crippen LogP contribution is 2.49. The predicted molar refractivity (Wildman–Crippen MR) is 78.2 cm³/mol. The van der Waals surface area contributed by atoms with Gasteiger partial charge in [0.15, 0.2) is 5.82 Å². The molecule has 0 aromatic carbocycles. The molecule has 1 amide bonds. The third-order valence-electron chi connectivity index (χ3n) is 5.74. The summed E-state index contributed by atoms with van der Waals surface area (Å²) in [6, 6.07) is 0. The van der Waals surface area contributed by atoms with Gasteiger partial charge in [-0.1, -0.05) is 11.6 Å². The summed E-state index contributed by atoms with van der Waals surface area (Å²) in [5, 5.41) is 3.95. The molecule has 3 heterocycles. The minimum absolute atomic E-state index is 0.0522. The molecule has 3 aliphatic rings. The number of carbonyl (C=O) groups excluding carboxylic acids is 1. The second-order valence-electron chi connectivity index (χ2n) is 7.05. The molecule has 1 spiro atoms. The van der Waals surface area contributed by atoms with Crippen LogP contribution in [0.3, 0.4) is 0 Å². The average molecular weight is 305 g/mol. The molecule has 6 heteroatoms. The summed E-state index contributed by atoms with van der Waals surface area (Å²) in [6.45, 7) is 4.90. The fourth-order valence-electron chi connectivity index (χ4n) is 4.13. The Morgan fingerprint density at radius 3 is 2.68 bits per heavy atom. The van der Waals surface area contributed by atoms with Crippen molar-refractivity contribution in [1.82, 2.24) is 15.0 Å². The van der Waals surface area contributed by atoms with Crippen LogP contribution in [0, 0.1) is 18.3 Å². The lowest BCUT2D eigenvalue weighted by Gasteiger charge is -2.36. The van der Waals surface area contributed by atoms with Gasteiger partial charge >= 0.3 is 0 Å². The lowest BCUT2D eigenvalue weighted by atomic mass is 9.72. The zero-order valence-electron chi connectivity index (χ0n) is 13.1. The number of nitrogens with zero attached hydrogens (tertiary/aromatic N) is 3. The Balaban J connectivity index is 1.60. The molecule has 1 aromatic rings. The van der Waals surface area contributed by atoms with E-state index in [2.05, 4.69) is 15.0 Å². The maximum Gasteiger partial charge on any atom is 0.232 e. The Hall–Kier alpha value is -1.43. The van der Waals surface area contributed by atoms with Gasteiger partial charge in [0.2, 0.25) is 11.8 Å². The summed E-state index contributed by atoms with van der Waals surface area (Å²) < 4.78 is 11.0. The molecule has 2 saturated heterocycles. The van der Waals surface area contributed by atoms with E-state index < -0.39 is 0 Å². The Bertz CT molecular complexity index is 561. The van der Waals surface area contributed by atoms with Gasteiger partial charge in [-0.25, -0.2) is 0 Å². The molecule has 0 radical (unpaired) electrons. The third kappa shape index (κ3) is 2.24. The standard InChI is InChI=1S/C16H23N3O3/c1-11-17-14(22-18-11)13-9-19(15(20)12-3-2-4-12)10-16(13)5-7-21-8-6-16/h12-13H,2-10H2,1H3. The number of aryl methyl sites for hydroxylation is 1. The van der Waals surface area contributed by atoms with Gasteiger partial charge in [0.1, 0.15) is 0 Å².